The Morgan fingerprint density at radius 3 is 2.31 bits per heavy atom. The third-order valence-corrected chi connectivity index (χ3v) is 6.09. The number of anilines is 1. The van der Waals surface area contributed by atoms with Gasteiger partial charge in [0.2, 0.25) is 0 Å². The van der Waals surface area contributed by atoms with Crippen LogP contribution in [0.25, 0.3) is 0 Å². The lowest BCUT2D eigenvalue weighted by Crippen LogP contribution is -2.26. The molecule has 2 rings (SSSR count). The number of rotatable bonds is 6. The van der Waals surface area contributed by atoms with Crippen LogP contribution in [-0.4, -0.2) is 40.2 Å². The number of ketones is 1. The molecule has 0 amide bonds. The van der Waals surface area contributed by atoms with Crippen molar-refractivity contribution in [1.29, 1.82) is 0 Å². The van der Waals surface area contributed by atoms with Crippen molar-refractivity contribution in [3.8, 4) is 0 Å². The van der Waals surface area contributed by atoms with E-state index < -0.39 is 10.0 Å². The van der Waals surface area contributed by atoms with Crippen LogP contribution in [-0.2, 0) is 10.0 Å². The van der Waals surface area contributed by atoms with Gasteiger partial charge in [-0.2, -0.15) is 0 Å². The molecule has 8 heteroatoms. The molecule has 0 unspecified atom stereocenters. The highest BCUT2D eigenvalue weighted by atomic mass is 35.5. The summed E-state index contributed by atoms with van der Waals surface area (Å²) in [5.74, 6) is -0.221. The van der Waals surface area contributed by atoms with E-state index in [0.29, 0.717) is 11.3 Å². The molecule has 0 saturated heterocycles. The normalized spacial score (nSPS) is 11.6. The van der Waals surface area contributed by atoms with Crippen LogP contribution >= 0.6 is 23.2 Å². The van der Waals surface area contributed by atoms with E-state index in [-0.39, 0.29) is 20.7 Å². The van der Waals surface area contributed by atoms with Crippen molar-refractivity contribution in [2.24, 2.45) is 0 Å². The number of hydrogen-bond donors (Lipinski definition) is 0. The molecule has 26 heavy (non-hydrogen) atoms. The summed E-state index contributed by atoms with van der Waals surface area (Å²) in [6.45, 7) is 0. The van der Waals surface area contributed by atoms with Crippen molar-refractivity contribution in [3.05, 3.63) is 70.3 Å². The molecular weight excluding hydrogens is 395 g/mol. The Balaban J connectivity index is 2.37. The number of carbonyl (C=O) groups is 1. The molecule has 0 heterocycles. The third-order valence-electron chi connectivity index (χ3n) is 3.57. The first-order chi connectivity index (χ1) is 12.1. The summed E-state index contributed by atoms with van der Waals surface area (Å²) >= 11 is 11.8. The van der Waals surface area contributed by atoms with E-state index in [0.717, 1.165) is 4.31 Å². The first kappa shape index (κ1) is 20.3. The van der Waals surface area contributed by atoms with Crippen LogP contribution in [0.3, 0.4) is 0 Å². The quantitative estimate of drug-likeness (QED) is 0.529. The summed E-state index contributed by atoms with van der Waals surface area (Å²) in [4.78, 5) is 14.0. The second-order valence-electron chi connectivity index (χ2n) is 5.74. The van der Waals surface area contributed by atoms with Crippen molar-refractivity contribution in [2.45, 2.75) is 4.90 Å². The number of sulfonamides is 1. The van der Waals surface area contributed by atoms with Gasteiger partial charge in [-0.05, 0) is 30.3 Å². The minimum absolute atomic E-state index is 0.0126. The van der Waals surface area contributed by atoms with E-state index >= 15 is 0 Å². The number of benzene rings is 2. The third kappa shape index (κ3) is 4.58. The van der Waals surface area contributed by atoms with Gasteiger partial charge in [0.1, 0.15) is 0 Å². The van der Waals surface area contributed by atoms with Crippen LogP contribution in [0.15, 0.2) is 59.6 Å². The highest BCUT2D eigenvalue weighted by Crippen LogP contribution is 2.28. The van der Waals surface area contributed by atoms with Gasteiger partial charge in [0.05, 0.1) is 20.6 Å². The van der Waals surface area contributed by atoms with Crippen molar-refractivity contribution in [3.63, 3.8) is 0 Å². The summed E-state index contributed by atoms with van der Waals surface area (Å²) < 4.78 is 26.7. The van der Waals surface area contributed by atoms with Crippen molar-refractivity contribution >= 4 is 44.7 Å². The Labute approximate surface area is 163 Å². The zero-order chi connectivity index (χ0) is 19.5. The molecular formula is C18H18Cl2N2O3S. The molecule has 0 aliphatic heterocycles. The van der Waals surface area contributed by atoms with E-state index in [1.54, 1.807) is 43.4 Å². The van der Waals surface area contributed by atoms with E-state index in [4.69, 9.17) is 23.2 Å². The summed E-state index contributed by atoms with van der Waals surface area (Å²) in [5.41, 5.74) is 0.747. The number of nitrogens with zero attached hydrogens (tertiary/aromatic N) is 2. The van der Waals surface area contributed by atoms with E-state index in [1.165, 1.54) is 37.4 Å². The smallest absolute Gasteiger partial charge is 0.264 e. The van der Waals surface area contributed by atoms with Crippen LogP contribution in [0.2, 0.25) is 10.0 Å². The fourth-order valence-electron chi connectivity index (χ4n) is 2.10. The summed E-state index contributed by atoms with van der Waals surface area (Å²) in [6, 6.07) is 10.5. The maximum atomic E-state index is 12.8. The molecule has 0 fully saturated rings. The molecule has 0 N–H and O–H groups in total. The predicted molar refractivity (Wildman–Crippen MR) is 106 cm³/mol. The molecule has 2 aromatic rings. The summed E-state index contributed by atoms with van der Waals surface area (Å²) in [5, 5.41) is 0.424. The van der Waals surface area contributed by atoms with Crippen LogP contribution in [0.1, 0.15) is 10.4 Å². The molecule has 0 atom stereocenters. The van der Waals surface area contributed by atoms with Gasteiger partial charge >= 0.3 is 0 Å². The minimum Gasteiger partial charge on any atom is -0.383 e. The van der Waals surface area contributed by atoms with Gasteiger partial charge in [0.25, 0.3) is 10.0 Å². The number of allylic oxidation sites excluding steroid dienone is 1. The molecule has 0 saturated carbocycles. The standard InChI is InChI=1S/C18H18Cl2N2O3S/c1-21(2)10-9-18(23)13-5-4-6-14(11-13)22(3)26(24,25)15-7-8-16(19)17(20)12-15/h4-12H,1-3H3. The first-order valence-electron chi connectivity index (χ1n) is 7.56. The van der Waals surface area contributed by atoms with Gasteiger partial charge in [-0.3, -0.25) is 9.10 Å². The van der Waals surface area contributed by atoms with Gasteiger partial charge in [0.15, 0.2) is 5.78 Å². The van der Waals surface area contributed by atoms with Crippen LogP contribution in [0, 0.1) is 0 Å². The Bertz CT molecular complexity index is 957. The van der Waals surface area contributed by atoms with Crippen molar-refractivity contribution < 1.29 is 13.2 Å². The fourth-order valence-corrected chi connectivity index (χ4v) is 3.68. The molecule has 0 radical (unpaired) electrons. The summed E-state index contributed by atoms with van der Waals surface area (Å²) in [6.07, 6.45) is 3.05. The van der Waals surface area contributed by atoms with Crippen molar-refractivity contribution in [2.75, 3.05) is 25.4 Å². The van der Waals surface area contributed by atoms with E-state index in [1.807, 2.05) is 0 Å². The Morgan fingerprint density at radius 1 is 1.00 bits per heavy atom. The maximum absolute atomic E-state index is 12.8. The van der Waals surface area contributed by atoms with Gasteiger partial charge in [-0.1, -0.05) is 35.3 Å². The molecule has 0 aliphatic carbocycles. The average Bonchev–Trinajstić information content (AvgIpc) is 2.61. The van der Waals surface area contributed by atoms with Gasteiger partial charge in [-0.15, -0.1) is 0 Å². The van der Waals surface area contributed by atoms with Crippen LogP contribution < -0.4 is 4.31 Å². The number of halogens is 2. The van der Waals surface area contributed by atoms with E-state index in [9.17, 15) is 13.2 Å². The lowest BCUT2D eigenvalue weighted by atomic mass is 10.1. The molecule has 2 aromatic carbocycles. The minimum atomic E-state index is -3.85. The Morgan fingerprint density at radius 2 is 1.69 bits per heavy atom. The van der Waals surface area contributed by atoms with Crippen molar-refractivity contribution in [1.82, 2.24) is 4.90 Å². The zero-order valence-corrected chi connectivity index (χ0v) is 16.8. The largest absolute Gasteiger partial charge is 0.383 e. The van der Waals surface area contributed by atoms with Crippen LogP contribution in [0.4, 0.5) is 5.69 Å². The van der Waals surface area contributed by atoms with Crippen LogP contribution in [0.5, 0.6) is 0 Å². The van der Waals surface area contributed by atoms with E-state index in [2.05, 4.69) is 0 Å². The topological polar surface area (TPSA) is 57.7 Å². The first-order valence-corrected chi connectivity index (χ1v) is 9.75. The SMILES string of the molecule is CN(C)C=CC(=O)c1cccc(N(C)S(=O)(=O)c2ccc(Cl)c(Cl)c2)c1. The highest BCUT2D eigenvalue weighted by molar-refractivity contribution is 7.92. The number of carbonyl (C=O) groups excluding carboxylic acids is 1. The summed E-state index contributed by atoms with van der Waals surface area (Å²) in [7, 11) is 1.17. The Hall–Kier alpha value is -2.02. The second-order valence-corrected chi connectivity index (χ2v) is 8.53. The average molecular weight is 413 g/mol. The number of hydrogen-bond acceptors (Lipinski definition) is 4. The van der Waals surface area contributed by atoms with Gasteiger partial charge in [0, 0.05) is 39.0 Å². The lowest BCUT2D eigenvalue weighted by Gasteiger charge is -2.20. The van der Waals surface area contributed by atoms with Gasteiger partial charge in [-0.25, -0.2) is 8.42 Å². The zero-order valence-electron chi connectivity index (χ0n) is 14.5. The Kier molecular flexibility index (Phi) is 6.34. The fraction of sp³-hybridized carbons (Fsp3) is 0.167. The van der Waals surface area contributed by atoms with Gasteiger partial charge < -0.3 is 4.90 Å². The predicted octanol–water partition coefficient (Wildman–Crippen LogP) is 4.08. The monoisotopic (exact) mass is 412 g/mol. The maximum Gasteiger partial charge on any atom is 0.264 e. The molecule has 0 spiro atoms. The molecule has 0 aliphatic rings. The molecule has 0 aromatic heterocycles. The molecule has 138 valence electrons. The lowest BCUT2D eigenvalue weighted by molar-refractivity contribution is 0.104. The second kappa shape index (κ2) is 8.12. The molecule has 5 nitrogen and oxygen atoms in total. The highest BCUT2D eigenvalue weighted by Gasteiger charge is 2.22. The molecule has 0 bridgehead atoms.